The Morgan fingerprint density at radius 3 is 2.61 bits per heavy atom. The van der Waals surface area contributed by atoms with E-state index in [1.165, 1.54) is 17.3 Å². The molecular weight excluding hydrogens is 360 g/mol. The minimum Gasteiger partial charge on any atom is -0.507 e. The van der Waals surface area contributed by atoms with E-state index in [4.69, 9.17) is 9.47 Å². The number of aliphatic hydroxyl groups excluding tert-OH is 1. The van der Waals surface area contributed by atoms with Gasteiger partial charge in [-0.2, -0.15) is 0 Å². The summed E-state index contributed by atoms with van der Waals surface area (Å²) in [5.74, 6) is -0.967. The number of amides is 1. The van der Waals surface area contributed by atoms with Gasteiger partial charge in [0.25, 0.3) is 11.7 Å². The molecule has 0 aliphatic carbocycles. The monoisotopic (exact) mass is 382 g/mol. The first-order valence-corrected chi connectivity index (χ1v) is 8.90. The maximum Gasteiger partial charge on any atom is 0.295 e. The Morgan fingerprint density at radius 1 is 1.18 bits per heavy atom. The Labute approximate surface area is 163 Å². The number of ketones is 1. The predicted octanol–water partition coefficient (Wildman–Crippen LogP) is 2.55. The Hall–Kier alpha value is -3.19. The van der Waals surface area contributed by atoms with E-state index in [9.17, 15) is 14.7 Å². The molecule has 1 fully saturated rings. The summed E-state index contributed by atoms with van der Waals surface area (Å²) in [5.41, 5.74) is 1.17. The highest BCUT2D eigenvalue weighted by molar-refractivity contribution is 6.46. The van der Waals surface area contributed by atoms with Gasteiger partial charge in [0.2, 0.25) is 0 Å². The fourth-order valence-electron chi connectivity index (χ4n) is 3.31. The third kappa shape index (κ3) is 3.75. The van der Waals surface area contributed by atoms with Crippen LogP contribution in [0.5, 0.6) is 5.75 Å². The molecule has 1 saturated heterocycles. The second-order valence-corrected chi connectivity index (χ2v) is 6.35. The van der Waals surface area contributed by atoms with Crippen molar-refractivity contribution >= 4 is 17.4 Å². The van der Waals surface area contributed by atoms with E-state index >= 15 is 0 Å². The van der Waals surface area contributed by atoms with Crippen LogP contribution >= 0.6 is 0 Å². The van der Waals surface area contributed by atoms with Crippen molar-refractivity contribution in [3.63, 3.8) is 0 Å². The molecule has 2 aromatic rings. The minimum atomic E-state index is -0.709. The van der Waals surface area contributed by atoms with Gasteiger partial charge in [0.15, 0.2) is 0 Å². The number of hydrogen-bond donors (Lipinski definition) is 1. The van der Waals surface area contributed by atoms with Crippen molar-refractivity contribution in [2.75, 3.05) is 27.4 Å². The van der Waals surface area contributed by atoms with E-state index in [2.05, 4.69) is 4.98 Å². The minimum absolute atomic E-state index is 0.0573. The molecule has 1 aromatic carbocycles. The second-order valence-electron chi connectivity index (χ2n) is 6.35. The van der Waals surface area contributed by atoms with Gasteiger partial charge in [0, 0.05) is 38.2 Å². The molecule has 0 radical (unpaired) electrons. The Balaban J connectivity index is 2.12. The number of hydrogen-bond acceptors (Lipinski definition) is 6. The number of ether oxygens (including phenoxy) is 2. The SMILES string of the molecule is COCCCN1C(=O)C(=O)/C(=C(/O)c2ccncc2)C1c1cccc(OC)c1. The largest absolute Gasteiger partial charge is 0.507 e. The van der Waals surface area contributed by atoms with E-state index in [1.54, 1.807) is 44.6 Å². The summed E-state index contributed by atoms with van der Waals surface area (Å²) in [6, 6.07) is 9.62. The summed E-state index contributed by atoms with van der Waals surface area (Å²) >= 11 is 0. The van der Waals surface area contributed by atoms with Gasteiger partial charge >= 0.3 is 0 Å². The number of rotatable bonds is 7. The van der Waals surface area contributed by atoms with Gasteiger partial charge in [-0.3, -0.25) is 14.6 Å². The summed E-state index contributed by atoms with van der Waals surface area (Å²) in [4.78, 5) is 30.9. The van der Waals surface area contributed by atoms with E-state index in [1.807, 2.05) is 6.07 Å². The van der Waals surface area contributed by atoms with Crippen molar-refractivity contribution in [2.24, 2.45) is 0 Å². The zero-order valence-corrected chi connectivity index (χ0v) is 15.8. The van der Waals surface area contributed by atoms with Crippen LogP contribution in [-0.2, 0) is 14.3 Å². The normalized spacial score (nSPS) is 18.5. The zero-order valence-electron chi connectivity index (χ0n) is 15.8. The maximum atomic E-state index is 12.8. The maximum absolute atomic E-state index is 12.8. The van der Waals surface area contributed by atoms with Crippen LogP contribution in [0.25, 0.3) is 5.76 Å². The van der Waals surface area contributed by atoms with Crippen LogP contribution in [0, 0.1) is 0 Å². The molecule has 3 rings (SSSR count). The van der Waals surface area contributed by atoms with Crippen molar-refractivity contribution in [3.05, 3.63) is 65.5 Å². The molecule has 1 unspecified atom stereocenters. The summed E-state index contributed by atoms with van der Waals surface area (Å²) in [7, 11) is 3.13. The van der Waals surface area contributed by atoms with Crippen LogP contribution in [0.2, 0.25) is 0 Å². The number of likely N-dealkylation sites (tertiary alicyclic amines) is 1. The van der Waals surface area contributed by atoms with Crippen LogP contribution in [0.3, 0.4) is 0 Å². The molecule has 0 bridgehead atoms. The molecule has 7 heteroatoms. The van der Waals surface area contributed by atoms with Crippen LogP contribution in [0.1, 0.15) is 23.6 Å². The Morgan fingerprint density at radius 2 is 1.93 bits per heavy atom. The molecule has 1 amide bonds. The lowest BCUT2D eigenvalue weighted by Gasteiger charge is -2.25. The number of carbonyl (C=O) groups excluding carboxylic acids is 2. The quantitative estimate of drug-likeness (QED) is 0.343. The number of aliphatic hydroxyl groups is 1. The van der Waals surface area contributed by atoms with Crippen molar-refractivity contribution < 1.29 is 24.2 Å². The van der Waals surface area contributed by atoms with Gasteiger partial charge in [0.1, 0.15) is 11.5 Å². The van der Waals surface area contributed by atoms with Crippen molar-refractivity contribution in [1.82, 2.24) is 9.88 Å². The van der Waals surface area contributed by atoms with Crippen molar-refractivity contribution in [2.45, 2.75) is 12.5 Å². The van der Waals surface area contributed by atoms with Crippen LogP contribution < -0.4 is 4.74 Å². The van der Waals surface area contributed by atoms with Crippen molar-refractivity contribution in [3.8, 4) is 5.75 Å². The molecule has 1 aliphatic rings. The molecule has 7 nitrogen and oxygen atoms in total. The highest BCUT2D eigenvalue weighted by Crippen LogP contribution is 2.40. The summed E-state index contributed by atoms with van der Waals surface area (Å²) in [5, 5.41) is 10.9. The van der Waals surface area contributed by atoms with Gasteiger partial charge in [-0.1, -0.05) is 12.1 Å². The summed E-state index contributed by atoms with van der Waals surface area (Å²) in [6.07, 6.45) is 3.60. The Kier molecular flexibility index (Phi) is 6.06. The van der Waals surface area contributed by atoms with Gasteiger partial charge in [-0.15, -0.1) is 0 Å². The molecule has 146 valence electrons. The molecule has 1 aromatic heterocycles. The van der Waals surface area contributed by atoms with Gasteiger partial charge < -0.3 is 19.5 Å². The average Bonchev–Trinajstić information content (AvgIpc) is 2.99. The van der Waals surface area contributed by atoms with E-state index in [0.29, 0.717) is 36.4 Å². The van der Waals surface area contributed by atoms with Crippen LogP contribution in [0.4, 0.5) is 0 Å². The third-order valence-corrected chi connectivity index (χ3v) is 4.65. The van der Waals surface area contributed by atoms with Gasteiger partial charge in [0.05, 0.1) is 18.7 Å². The first-order chi connectivity index (χ1) is 13.6. The number of methoxy groups -OCH3 is 2. The lowest BCUT2D eigenvalue weighted by Crippen LogP contribution is -2.31. The van der Waals surface area contributed by atoms with Crippen molar-refractivity contribution in [1.29, 1.82) is 0 Å². The third-order valence-electron chi connectivity index (χ3n) is 4.65. The zero-order chi connectivity index (χ0) is 20.1. The van der Waals surface area contributed by atoms with E-state index in [0.717, 1.165) is 0 Å². The lowest BCUT2D eigenvalue weighted by molar-refractivity contribution is -0.140. The molecule has 0 saturated carbocycles. The molecule has 28 heavy (non-hydrogen) atoms. The second kappa shape index (κ2) is 8.67. The number of pyridine rings is 1. The lowest BCUT2D eigenvalue weighted by atomic mass is 9.95. The highest BCUT2D eigenvalue weighted by Gasteiger charge is 2.45. The van der Waals surface area contributed by atoms with Crippen LogP contribution in [0.15, 0.2) is 54.4 Å². The number of carbonyl (C=O) groups is 2. The number of benzene rings is 1. The first kappa shape index (κ1) is 19.6. The van der Waals surface area contributed by atoms with E-state index in [-0.39, 0.29) is 11.3 Å². The van der Waals surface area contributed by atoms with Crippen LogP contribution in [-0.4, -0.2) is 54.1 Å². The smallest absolute Gasteiger partial charge is 0.295 e. The number of Topliss-reactive ketones (excluding diaryl/α,β-unsaturated/α-hetero) is 1. The Bertz CT molecular complexity index is 895. The van der Waals surface area contributed by atoms with Gasteiger partial charge in [-0.05, 0) is 36.2 Å². The molecular formula is C21H22N2O5. The van der Waals surface area contributed by atoms with Gasteiger partial charge in [-0.25, -0.2) is 0 Å². The summed E-state index contributed by atoms with van der Waals surface area (Å²) in [6.45, 7) is 0.783. The fourth-order valence-corrected chi connectivity index (χ4v) is 3.31. The molecule has 1 aliphatic heterocycles. The number of nitrogens with zero attached hydrogens (tertiary/aromatic N) is 2. The van der Waals surface area contributed by atoms with E-state index < -0.39 is 17.7 Å². The molecule has 1 atom stereocenters. The predicted molar refractivity (Wildman–Crippen MR) is 103 cm³/mol. The average molecular weight is 382 g/mol. The topological polar surface area (TPSA) is 89.0 Å². The molecule has 1 N–H and O–H groups in total. The first-order valence-electron chi connectivity index (χ1n) is 8.90. The highest BCUT2D eigenvalue weighted by atomic mass is 16.5. The molecule has 0 spiro atoms. The summed E-state index contributed by atoms with van der Waals surface area (Å²) < 4.78 is 10.4. The standard InChI is InChI=1S/C21H22N2O5/c1-27-12-4-11-23-18(15-5-3-6-16(13-15)28-2)17(20(25)21(23)26)19(24)14-7-9-22-10-8-14/h3,5-10,13,18,24H,4,11-12H2,1-2H3/b19-17+. The fraction of sp³-hybridized carbons (Fsp3) is 0.286. The molecule has 2 heterocycles. The number of aromatic nitrogens is 1.